The Kier molecular flexibility index (Phi) is 3.64. The molecule has 0 amide bonds. The minimum Gasteiger partial charge on any atom is -0.478 e. The number of aromatic carboxylic acids is 1. The van der Waals surface area contributed by atoms with E-state index in [1.54, 1.807) is 0 Å². The number of carboxylic acid groups (broad SMARTS) is 1. The van der Waals surface area contributed by atoms with E-state index in [9.17, 15) is 14.3 Å². The molecule has 0 radical (unpaired) electrons. The maximum absolute atomic E-state index is 14.7. The molecule has 1 aliphatic carbocycles. The first-order valence-corrected chi connectivity index (χ1v) is 7.27. The van der Waals surface area contributed by atoms with Crippen molar-refractivity contribution in [2.45, 2.75) is 18.8 Å². The van der Waals surface area contributed by atoms with Crippen LogP contribution in [0.15, 0.2) is 30.3 Å². The summed E-state index contributed by atoms with van der Waals surface area (Å²) in [7, 11) is 0. The van der Waals surface area contributed by atoms with Gasteiger partial charge in [0.2, 0.25) is 0 Å². The highest BCUT2D eigenvalue weighted by molar-refractivity contribution is 6.45. The summed E-state index contributed by atoms with van der Waals surface area (Å²) in [5.41, 5.74) is 1.07. The van der Waals surface area contributed by atoms with Crippen LogP contribution in [0.2, 0.25) is 10.0 Å². The highest BCUT2D eigenvalue weighted by atomic mass is 35.5. The van der Waals surface area contributed by atoms with Crippen molar-refractivity contribution in [3.8, 4) is 11.1 Å². The van der Waals surface area contributed by atoms with Crippen molar-refractivity contribution < 1.29 is 14.3 Å². The van der Waals surface area contributed by atoms with Crippen LogP contribution in [0.25, 0.3) is 11.1 Å². The van der Waals surface area contributed by atoms with E-state index >= 15 is 0 Å². The smallest absolute Gasteiger partial charge is 0.340 e. The molecular formula is C16H11Cl2FO2. The summed E-state index contributed by atoms with van der Waals surface area (Å²) >= 11 is 12.3. The SMILES string of the molecule is O=C(O)c1c(F)c(C2CC2)c(-c2ccccc2)c(Cl)c1Cl. The van der Waals surface area contributed by atoms with Crippen molar-refractivity contribution in [3.05, 3.63) is 57.3 Å². The molecule has 0 aliphatic heterocycles. The van der Waals surface area contributed by atoms with Crippen molar-refractivity contribution in [2.75, 3.05) is 0 Å². The number of hydrogen-bond donors (Lipinski definition) is 1. The topological polar surface area (TPSA) is 37.3 Å². The van der Waals surface area contributed by atoms with E-state index in [1.165, 1.54) is 0 Å². The van der Waals surface area contributed by atoms with E-state index in [-0.39, 0.29) is 16.0 Å². The van der Waals surface area contributed by atoms with Crippen LogP contribution in [-0.4, -0.2) is 11.1 Å². The third-order valence-electron chi connectivity index (χ3n) is 3.62. The zero-order chi connectivity index (χ0) is 15.1. The van der Waals surface area contributed by atoms with Gasteiger partial charge in [-0.2, -0.15) is 0 Å². The van der Waals surface area contributed by atoms with Crippen LogP contribution in [0, 0.1) is 5.82 Å². The lowest BCUT2D eigenvalue weighted by Gasteiger charge is -2.16. The minimum absolute atomic E-state index is 0.00747. The average molecular weight is 325 g/mol. The molecule has 0 atom stereocenters. The lowest BCUT2D eigenvalue weighted by Crippen LogP contribution is -2.07. The number of carbonyl (C=O) groups is 1. The molecule has 2 aromatic rings. The highest BCUT2D eigenvalue weighted by Crippen LogP contribution is 2.50. The molecule has 0 saturated heterocycles. The van der Waals surface area contributed by atoms with Gasteiger partial charge in [-0.25, -0.2) is 9.18 Å². The Bertz CT molecular complexity index is 725. The predicted octanol–water partition coefficient (Wildman–Crippen LogP) is 5.38. The van der Waals surface area contributed by atoms with Crippen LogP contribution in [0.5, 0.6) is 0 Å². The molecule has 3 rings (SSSR count). The fourth-order valence-electron chi connectivity index (χ4n) is 2.51. The Balaban J connectivity index is 2.36. The van der Waals surface area contributed by atoms with Gasteiger partial charge in [-0.1, -0.05) is 53.5 Å². The molecule has 2 nitrogen and oxygen atoms in total. The van der Waals surface area contributed by atoms with Crippen LogP contribution in [0.1, 0.15) is 34.7 Å². The standard InChI is InChI=1S/C16H11Cl2FO2/c17-13-10(8-4-2-1-3-5-8)11(9-6-7-9)15(19)12(14(13)18)16(20)21/h1-5,9H,6-7H2,(H,20,21). The zero-order valence-electron chi connectivity index (χ0n) is 10.9. The molecule has 2 aromatic carbocycles. The lowest BCUT2D eigenvalue weighted by atomic mass is 9.93. The van der Waals surface area contributed by atoms with E-state index in [0.29, 0.717) is 11.1 Å². The Hall–Kier alpha value is -1.58. The largest absolute Gasteiger partial charge is 0.478 e. The fraction of sp³-hybridized carbons (Fsp3) is 0.188. The molecule has 1 saturated carbocycles. The fourth-order valence-corrected chi connectivity index (χ4v) is 3.07. The predicted molar refractivity (Wildman–Crippen MR) is 80.8 cm³/mol. The third kappa shape index (κ3) is 2.41. The zero-order valence-corrected chi connectivity index (χ0v) is 12.4. The van der Waals surface area contributed by atoms with E-state index in [1.807, 2.05) is 30.3 Å². The second-order valence-electron chi connectivity index (χ2n) is 5.05. The van der Waals surface area contributed by atoms with Gasteiger partial charge in [0.1, 0.15) is 11.4 Å². The highest BCUT2D eigenvalue weighted by Gasteiger charge is 2.35. The molecule has 0 heterocycles. The van der Waals surface area contributed by atoms with Gasteiger partial charge in [0.15, 0.2) is 0 Å². The van der Waals surface area contributed by atoms with Crippen molar-refractivity contribution in [1.29, 1.82) is 0 Å². The Morgan fingerprint density at radius 1 is 1.14 bits per heavy atom. The van der Waals surface area contributed by atoms with Gasteiger partial charge in [0.05, 0.1) is 10.0 Å². The molecule has 0 unspecified atom stereocenters. The van der Waals surface area contributed by atoms with E-state index in [0.717, 1.165) is 18.4 Å². The summed E-state index contributed by atoms with van der Waals surface area (Å²) in [6.45, 7) is 0. The second kappa shape index (κ2) is 5.32. The van der Waals surface area contributed by atoms with Crippen molar-refractivity contribution in [1.82, 2.24) is 0 Å². The van der Waals surface area contributed by atoms with Gasteiger partial charge < -0.3 is 5.11 Å². The van der Waals surface area contributed by atoms with Gasteiger partial charge in [-0.05, 0) is 24.3 Å². The normalized spacial score (nSPS) is 14.2. The van der Waals surface area contributed by atoms with Crippen LogP contribution in [-0.2, 0) is 0 Å². The maximum Gasteiger partial charge on any atom is 0.340 e. The van der Waals surface area contributed by atoms with E-state index in [2.05, 4.69) is 0 Å². The Labute approximate surface area is 131 Å². The summed E-state index contributed by atoms with van der Waals surface area (Å²) in [5.74, 6) is -2.16. The molecule has 5 heteroatoms. The monoisotopic (exact) mass is 324 g/mol. The Morgan fingerprint density at radius 3 is 2.29 bits per heavy atom. The van der Waals surface area contributed by atoms with Gasteiger partial charge in [0, 0.05) is 11.1 Å². The minimum atomic E-state index is -1.40. The number of benzene rings is 2. The molecule has 0 aromatic heterocycles. The molecular weight excluding hydrogens is 314 g/mol. The van der Waals surface area contributed by atoms with E-state index in [4.69, 9.17) is 23.2 Å². The van der Waals surface area contributed by atoms with E-state index < -0.39 is 17.3 Å². The average Bonchev–Trinajstić information content (AvgIpc) is 3.27. The summed E-state index contributed by atoms with van der Waals surface area (Å²) < 4.78 is 14.7. The van der Waals surface area contributed by atoms with Crippen LogP contribution in [0.3, 0.4) is 0 Å². The van der Waals surface area contributed by atoms with Crippen LogP contribution < -0.4 is 0 Å². The second-order valence-corrected chi connectivity index (χ2v) is 5.81. The number of rotatable bonds is 3. The molecule has 0 bridgehead atoms. The summed E-state index contributed by atoms with van der Waals surface area (Å²) in [6.07, 6.45) is 1.65. The number of carboxylic acids is 1. The van der Waals surface area contributed by atoms with Gasteiger partial charge >= 0.3 is 5.97 Å². The van der Waals surface area contributed by atoms with Gasteiger partial charge in [-0.3, -0.25) is 0 Å². The summed E-state index contributed by atoms with van der Waals surface area (Å²) in [4.78, 5) is 11.3. The van der Waals surface area contributed by atoms with Crippen molar-refractivity contribution in [3.63, 3.8) is 0 Å². The first kappa shape index (κ1) is 14.4. The van der Waals surface area contributed by atoms with Gasteiger partial charge in [0.25, 0.3) is 0 Å². The maximum atomic E-state index is 14.7. The molecule has 1 fully saturated rings. The molecule has 1 N–H and O–H groups in total. The quantitative estimate of drug-likeness (QED) is 0.770. The first-order chi connectivity index (χ1) is 10.0. The van der Waals surface area contributed by atoms with Crippen LogP contribution in [0.4, 0.5) is 4.39 Å². The molecule has 108 valence electrons. The molecule has 1 aliphatic rings. The number of halogens is 3. The molecule has 0 spiro atoms. The number of hydrogen-bond acceptors (Lipinski definition) is 1. The summed E-state index contributed by atoms with van der Waals surface area (Å²) in [6, 6.07) is 9.10. The van der Waals surface area contributed by atoms with Crippen molar-refractivity contribution in [2.24, 2.45) is 0 Å². The van der Waals surface area contributed by atoms with Crippen molar-refractivity contribution >= 4 is 29.2 Å². The lowest BCUT2D eigenvalue weighted by molar-refractivity contribution is 0.0692. The molecule has 21 heavy (non-hydrogen) atoms. The summed E-state index contributed by atoms with van der Waals surface area (Å²) in [5, 5.41) is 9.03. The van der Waals surface area contributed by atoms with Gasteiger partial charge in [-0.15, -0.1) is 0 Å². The Morgan fingerprint density at radius 2 is 1.76 bits per heavy atom. The third-order valence-corrected chi connectivity index (χ3v) is 4.47. The first-order valence-electron chi connectivity index (χ1n) is 6.51. The van der Waals surface area contributed by atoms with Crippen LogP contribution >= 0.6 is 23.2 Å².